The van der Waals surface area contributed by atoms with Crippen molar-refractivity contribution in [2.75, 3.05) is 6.54 Å². The summed E-state index contributed by atoms with van der Waals surface area (Å²) in [6, 6.07) is 4.02. The molecule has 1 aromatic rings. The fraction of sp³-hybridized carbons (Fsp3) is 0.636. The minimum absolute atomic E-state index is 0.769. The monoisotopic (exact) mass is 181 g/mol. The van der Waals surface area contributed by atoms with Crippen molar-refractivity contribution in [1.29, 1.82) is 0 Å². The highest BCUT2D eigenvalue weighted by molar-refractivity contribution is 5.04. The van der Waals surface area contributed by atoms with Crippen molar-refractivity contribution in [2.45, 2.75) is 33.7 Å². The van der Waals surface area contributed by atoms with Gasteiger partial charge in [0.05, 0.1) is 6.54 Å². The molecule has 0 aliphatic carbocycles. The number of nitrogens with one attached hydrogen (secondary N) is 1. The third-order valence-corrected chi connectivity index (χ3v) is 1.99. The molecule has 74 valence electrons. The van der Waals surface area contributed by atoms with Crippen LogP contribution in [-0.2, 0) is 6.54 Å². The second-order valence-corrected chi connectivity index (χ2v) is 3.87. The smallest absolute Gasteiger partial charge is 0.117 e. The van der Waals surface area contributed by atoms with Crippen LogP contribution in [0.3, 0.4) is 0 Å². The van der Waals surface area contributed by atoms with E-state index < -0.39 is 0 Å². The van der Waals surface area contributed by atoms with Crippen LogP contribution in [0.25, 0.3) is 0 Å². The zero-order valence-corrected chi connectivity index (χ0v) is 8.76. The topological polar surface area (TPSA) is 25.2 Å². The van der Waals surface area contributed by atoms with E-state index in [1.165, 1.54) is 6.42 Å². The molecule has 0 bridgehead atoms. The first-order chi connectivity index (χ1) is 6.18. The Kier molecular flexibility index (Phi) is 4.03. The highest BCUT2D eigenvalue weighted by Crippen LogP contribution is 2.05. The maximum atomic E-state index is 5.43. The van der Waals surface area contributed by atoms with Gasteiger partial charge in [-0.05, 0) is 37.9 Å². The predicted octanol–water partition coefficient (Wildman–Crippen LogP) is 2.72. The molecule has 1 aromatic heterocycles. The quantitative estimate of drug-likeness (QED) is 0.706. The summed E-state index contributed by atoms with van der Waals surface area (Å²) in [6.07, 6.45) is 1.22. The van der Waals surface area contributed by atoms with Gasteiger partial charge in [0.15, 0.2) is 0 Å². The second kappa shape index (κ2) is 5.07. The molecular weight excluding hydrogens is 162 g/mol. The molecule has 2 nitrogen and oxygen atoms in total. The van der Waals surface area contributed by atoms with Crippen molar-refractivity contribution < 1.29 is 4.42 Å². The van der Waals surface area contributed by atoms with Crippen molar-refractivity contribution in [3.63, 3.8) is 0 Å². The van der Waals surface area contributed by atoms with Crippen LogP contribution in [0.2, 0.25) is 0 Å². The third kappa shape index (κ3) is 4.13. The van der Waals surface area contributed by atoms with Crippen LogP contribution < -0.4 is 5.32 Å². The summed E-state index contributed by atoms with van der Waals surface area (Å²) in [5.74, 6) is 2.78. The lowest BCUT2D eigenvalue weighted by atomic mass is 10.1. The highest BCUT2D eigenvalue weighted by Gasteiger charge is 1.97. The van der Waals surface area contributed by atoms with Gasteiger partial charge in [-0.2, -0.15) is 0 Å². The standard InChI is InChI=1S/C11H19NO/c1-9(2)6-7-12-8-11-5-4-10(3)13-11/h4-5,9,12H,6-8H2,1-3H3. The molecule has 0 spiro atoms. The molecular formula is C11H19NO. The van der Waals surface area contributed by atoms with E-state index >= 15 is 0 Å². The van der Waals surface area contributed by atoms with Crippen LogP contribution in [0.5, 0.6) is 0 Å². The molecule has 0 aliphatic rings. The summed E-state index contributed by atoms with van der Waals surface area (Å²) in [7, 11) is 0. The lowest BCUT2D eigenvalue weighted by Crippen LogP contribution is -2.15. The fourth-order valence-electron chi connectivity index (χ4n) is 1.18. The summed E-state index contributed by atoms with van der Waals surface area (Å²) in [5.41, 5.74) is 0. The Bertz CT molecular complexity index is 240. The molecule has 0 atom stereocenters. The molecule has 1 heterocycles. The van der Waals surface area contributed by atoms with E-state index in [0.29, 0.717) is 0 Å². The van der Waals surface area contributed by atoms with Gasteiger partial charge in [-0.1, -0.05) is 13.8 Å². The molecule has 0 aromatic carbocycles. The van der Waals surface area contributed by atoms with Gasteiger partial charge in [0, 0.05) is 0 Å². The van der Waals surface area contributed by atoms with Crippen LogP contribution in [0.15, 0.2) is 16.5 Å². The predicted molar refractivity (Wildman–Crippen MR) is 54.6 cm³/mol. The van der Waals surface area contributed by atoms with Crippen molar-refractivity contribution in [2.24, 2.45) is 5.92 Å². The molecule has 1 rings (SSSR count). The average molecular weight is 181 g/mol. The van der Waals surface area contributed by atoms with Crippen molar-refractivity contribution in [3.05, 3.63) is 23.7 Å². The highest BCUT2D eigenvalue weighted by atomic mass is 16.3. The van der Waals surface area contributed by atoms with Gasteiger partial charge in [-0.3, -0.25) is 0 Å². The SMILES string of the molecule is Cc1ccc(CNCCC(C)C)o1. The average Bonchev–Trinajstić information content (AvgIpc) is 2.45. The van der Waals surface area contributed by atoms with Gasteiger partial charge < -0.3 is 9.73 Å². The van der Waals surface area contributed by atoms with Gasteiger partial charge in [0.2, 0.25) is 0 Å². The minimum atomic E-state index is 0.769. The van der Waals surface area contributed by atoms with Crippen LogP contribution in [0.1, 0.15) is 31.8 Å². The first-order valence-corrected chi connectivity index (χ1v) is 4.94. The first kappa shape index (κ1) is 10.3. The maximum Gasteiger partial charge on any atom is 0.117 e. The molecule has 0 fully saturated rings. The molecule has 13 heavy (non-hydrogen) atoms. The lowest BCUT2D eigenvalue weighted by molar-refractivity contribution is 0.451. The molecule has 0 radical (unpaired) electrons. The van der Waals surface area contributed by atoms with Crippen LogP contribution in [0.4, 0.5) is 0 Å². The number of hydrogen-bond acceptors (Lipinski definition) is 2. The number of aryl methyl sites for hydroxylation is 1. The second-order valence-electron chi connectivity index (χ2n) is 3.87. The number of rotatable bonds is 5. The Morgan fingerprint density at radius 2 is 2.15 bits per heavy atom. The third-order valence-electron chi connectivity index (χ3n) is 1.99. The Labute approximate surface area is 80.3 Å². The van der Waals surface area contributed by atoms with E-state index in [4.69, 9.17) is 4.42 Å². The molecule has 1 N–H and O–H groups in total. The van der Waals surface area contributed by atoms with Crippen molar-refractivity contribution in [1.82, 2.24) is 5.32 Å². The molecule has 0 unspecified atom stereocenters. The molecule has 2 heteroatoms. The van der Waals surface area contributed by atoms with Crippen molar-refractivity contribution in [3.8, 4) is 0 Å². The van der Waals surface area contributed by atoms with E-state index in [1.807, 2.05) is 19.1 Å². The summed E-state index contributed by atoms with van der Waals surface area (Å²) in [4.78, 5) is 0. The fourth-order valence-corrected chi connectivity index (χ4v) is 1.18. The van der Waals surface area contributed by atoms with E-state index in [2.05, 4.69) is 19.2 Å². The zero-order chi connectivity index (χ0) is 9.68. The summed E-state index contributed by atoms with van der Waals surface area (Å²) < 4.78 is 5.43. The Morgan fingerprint density at radius 1 is 1.38 bits per heavy atom. The first-order valence-electron chi connectivity index (χ1n) is 4.94. The maximum absolute atomic E-state index is 5.43. The lowest BCUT2D eigenvalue weighted by Gasteiger charge is -2.04. The zero-order valence-electron chi connectivity index (χ0n) is 8.76. The van der Waals surface area contributed by atoms with Gasteiger partial charge in [-0.15, -0.1) is 0 Å². The number of furan rings is 1. The Morgan fingerprint density at radius 3 is 2.69 bits per heavy atom. The molecule has 0 saturated heterocycles. The molecule has 0 saturated carbocycles. The summed E-state index contributed by atoms with van der Waals surface area (Å²) >= 11 is 0. The van der Waals surface area contributed by atoms with Crippen molar-refractivity contribution >= 4 is 0 Å². The normalized spacial score (nSPS) is 11.1. The summed E-state index contributed by atoms with van der Waals surface area (Å²) in [6.45, 7) is 8.35. The van der Waals surface area contributed by atoms with Crippen LogP contribution >= 0.6 is 0 Å². The van der Waals surface area contributed by atoms with Crippen LogP contribution in [0, 0.1) is 12.8 Å². The van der Waals surface area contributed by atoms with Gasteiger partial charge in [0.25, 0.3) is 0 Å². The van der Waals surface area contributed by atoms with Crippen LogP contribution in [-0.4, -0.2) is 6.54 Å². The van der Waals surface area contributed by atoms with E-state index in [1.54, 1.807) is 0 Å². The van der Waals surface area contributed by atoms with Gasteiger partial charge >= 0.3 is 0 Å². The Balaban J connectivity index is 2.13. The molecule has 0 amide bonds. The van der Waals surface area contributed by atoms with E-state index in [9.17, 15) is 0 Å². The number of hydrogen-bond donors (Lipinski definition) is 1. The van der Waals surface area contributed by atoms with E-state index in [-0.39, 0.29) is 0 Å². The van der Waals surface area contributed by atoms with E-state index in [0.717, 1.165) is 30.5 Å². The Hall–Kier alpha value is -0.760. The largest absolute Gasteiger partial charge is 0.465 e. The minimum Gasteiger partial charge on any atom is -0.465 e. The summed E-state index contributed by atoms with van der Waals surface area (Å²) in [5, 5.41) is 3.35. The van der Waals surface area contributed by atoms with Gasteiger partial charge in [0.1, 0.15) is 11.5 Å². The van der Waals surface area contributed by atoms with Gasteiger partial charge in [-0.25, -0.2) is 0 Å². The molecule has 0 aliphatic heterocycles.